The number of aryl methyl sites for hydroxylation is 1. The maximum absolute atomic E-state index is 5.39. The van der Waals surface area contributed by atoms with Crippen molar-refractivity contribution >= 4 is 34.3 Å². The van der Waals surface area contributed by atoms with E-state index >= 15 is 0 Å². The third-order valence-electron chi connectivity index (χ3n) is 9.38. The highest BCUT2D eigenvalue weighted by molar-refractivity contribution is 5.87. The molecule has 4 aromatic rings. The van der Waals surface area contributed by atoms with Crippen LogP contribution in [0.15, 0.2) is 48.8 Å². The van der Waals surface area contributed by atoms with Crippen molar-refractivity contribution in [1.29, 1.82) is 0 Å². The van der Waals surface area contributed by atoms with E-state index < -0.39 is 0 Å². The highest BCUT2D eigenvalue weighted by Crippen LogP contribution is 2.40. The predicted octanol–water partition coefficient (Wildman–Crippen LogP) is 6.77. The van der Waals surface area contributed by atoms with Gasteiger partial charge in [-0.3, -0.25) is 0 Å². The van der Waals surface area contributed by atoms with Gasteiger partial charge in [0.2, 0.25) is 5.95 Å². The van der Waals surface area contributed by atoms with Gasteiger partial charge in [-0.1, -0.05) is 32.9 Å². The first kappa shape index (κ1) is 26.1. The summed E-state index contributed by atoms with van der Waals surface area (Å²) in [6, 6.07) is 16.5. The molecule has 2 aromatic heterocycles. The number of ether oxygens (including phenoxy) is 1. The van der Waals surface area contributed by atoms with Gasteiger partial charge < -0.3 is 24.4 Å². The molecule has 2 aliphatic heterocycles. The largest absolute Gasteiger partial charge is 0.497 e. The Kier molecular flexibility index (Phi) is 6.32. The van der Waals surface area contributed by atoms with Gasteiger partial charge >= 0.3 is 0 Å². The van der Waals surface area contributed by atoms with Gasteiger partial charge in [0.05, 0.1) is 13.4 Å². The second kappa shape index (κ2) is 9.93. The number of fused-ring (bicyclic) bond motifs is 3. The lowest BCUT2D eigenvalue weighted by Crippen LogP contribution is -2.54. The number of piperazine rings is 1. The second-order valence-corrected chi connectivity index (χ2v) is 13.1. The number of anilines is 4. The lowest BCUT2D eigenvalue weighted by molar-refractivity contribution is 0.320. The zero-order chi connectivity index (χ0) is 28.3. The van der Waals surface area contributed by atoms with Crippen LogP contribution in [0.2, 0.25) is 0 Å². The summed E-state index contributed by atoms with van der Waals surface area (Å²) in [6.07, 6.45) is 7.96. The van der Waals surface area contributed by atoms with Crippen molar-refractivity contribution in [2.75, 3.05) is 35.3 Å². The first-order valence-corrected chi connectivity index (χ1v) is 15.1. The molecule has 4 heterocycles. The number of nitrogens with zero attached hydrogens (tertiary/aromatic N) is 6. The number of imidazole rings is 1. The third kappa shape index (κ3) is 4.67. The van der Waals surface area contributed by atoms with E-state index in [-0.39, 0.29) is 5.41 Å². The maximum atomic E-state index is 5.39. The van der Waals surface area contributed by atoms with Crippen molar-refractivity contribution in [3.63, 3.8) is 0 Å². The molecule has 214 valence electrons. The van der Waals surface area contributed by atoms with Crippen LogP contribution in [0.1, 0.15) is 70.0 Å². The third-order valence-corrected chi connectivity index (χ3v) is 9.38. The Balaban J connectivity index is 1.24. The van der Waals surface area contributed by atoms with Crippen molar-refractivity contribution in [2.45, 2.75) is 83.3 Å². The van der Waals surface area contributed by atoms with Crippen molar-refractivity contribution in [2.24, 2.45) is 0 Å². The quantitative estimate of drug-likeness (QED) is 0.284. The Morgan fingerprint density at radius 2 is 1.63 bits per heavy atom. The van der Waals surface area contributed by atoms with Gasteiger partial charge in [-0.05, 0) is 85.9 Å². The predicted molar refractivity (Wildman–Crippen MR) is 166 cm³/mol. The van der Waals surface area contributed by atoms with Crippen molar-refractivity contribution < 1.29 is 4.74 Å². The first-order valence-electron chi connectivity index (χ1n) is 15.1. The molecule has 3 aliphatic rings. The number of hydrogen-bond acceptors (Lipinski definition) is 7. The number of methoxy groups -OCH3 is 1. The van der Waals surface area contributed by atoms with Gasteiger partial charge in [0.1, 0.15) is 11.3 Å². The highest BCUT2D eigenvalue weighted by Gasteiger charge is 2.41. The standard InChI is InChI=1S/C33H41N7O/c1-21-9-10-22(33(2,3)4)17-28(21)35-31-29-30(34-20-39(29)23-7-6-8-23)36-32(37-31)38-18-25-11-12-26(19-38)40(25)24-13-15-27(41-5)16-14-24/h9-10,13-17,20,23,25-26H,6-8,11-12,18-19H2,1-5H3,(H,35,36,37)/t25-,26+. The van der Waals surface area contributed by atoms with E-state index in [4.69, 9.17) is 19.7 Å². The minimum absolute atomic E-state index is 0.0623. The average Bonchev–Trinajstić information content (AvgIpc) is 3.46. The molecular weight excluding hydrogens is 510 g/mol. The number of aromatic nitrogens is 4. The topological polar surface area (TPSA) is 71.3 Å². The Morgan fingerprint density at radius 3 is 2.27 bits per heavy atom. The fraction of sp³-hybridized carbons (Fsp3) is 0.485. The summed E-state index contributed by atoms with van der Waals surface area (Å²) >= 11 is 0. The van der Waals surface area contributed by atoms with Crippen LogP contribution in [-0.2, 0) is 5.41 Å². The molecule has 0 unspecified atom stereocenters. The van der Waals surface area contributed by atoms with Crippen LogP contribution in [0.4, 0.5) is 23.1 Å². The summed E-state index contributed by atoms with van der Waals surface area (Å²) in [7, 11) is 1.72. The van der Waals surface area contributed by atoms with Crippen LogP contribution in [-0.4, -0.2) is 51.8 Å². The Morgan fingerprint density at radius 1 is 0.902 bits per heavy atom. The summed E-state index contributed by atoms with van der Waals surface area (Å²) in [5.41, 5.74) is 6.71. The first-order chi connectivity index (χ1) is 19.8. The molecule has 0 amide bonds. The zero-order valence-electron chi connectivity index (χ0n) is 24.9. The molecule has 0 radical (unpaired) electrons. The number of rotatable bonds is 6. The summed E-state index contributed by atoms with van der Waals surface area (Å²) < 4.78 is 7.70. The molecule has 2 bridgehead atoms. The number of benzene rings is 2. The van der Waals surface area contributed by atoms with Gasteiger partial charge in [0.25, 0.3) is 0 Å². The Bertz CT molecular complexity index is 1550. The lowest BCUT2D eigenvalue weighted by Gasteiger charge is -2.42. The van der Waals surface area contributed by atoms with Crippen molar-refractivity contribution in [3.8, 4) is 5.75 Å². The normalized spacial score (nSPS) is 20.9. The van der Waals surface area contributed by atoms with Crippen LogP contribution >= 0.6 is 0 Å². The summed E-state index contributed by atoms with van der Waals surface area (Å²) in [6.45, 7) is 10.7. The Labute approximate surface area is 242 Å². The highest BCUT2D eigenvalue weighted by atomic mass is 16.5. The van der Waals surface area contributed by atoms with E-state index in [9.17, 15) is 0 Å². The molecule has 7 rings (SSSR count). The molecular formula is C33H41N7O. The van der Waals surface area contributed by atoms with Gasteiger partial charge in [-0.25, -0.2) is 4.98 Å². The molecule has 41 heavy (non-hydrogen) atoms. The zero-order valence-corrected chi connectivity index (χ0v) is 24.9. The summed E-state index contributed by atoms with van der Waals surface area (Å²) in [5.74, 6) is 2.52. The average molecular weight is 552 g/mol. The lowest BCUT2D eigenvalue weighted by atomic mass is 9.86. The fourth-order valence-electron chi connectivity index (χ4n) is 6.70. The van der Waals surface area contributed by atoms with E-state index in [0.29, 0.717) is 18.1 Å². The van der Waals surface area contributed by atoms with Gasteiger partial charge in [0.15, 0.2) is 11.5 Å². The molecule has 8 heteroatoms. The minimum Gasteiger partial charge on any atom is -0.497 e. The van der Waals surface area contributed by atoms with Crippen molar-refractivity contribution in [1.82, 2.24) is 19.5 Å². The molecule has 1 aliphatic carbocycles. The van der Waals surface area contributed by atoms with Gasteiger partial charge in [0, 0.05) is 42.6 Å². The maximum Gasteiger partial charge on any atom is 0.229 e. The fourth-order valence-corrected chi connectivity index (χ4v) is 6.70. The summed E-state index contributed by atoms with van der Waals surface area (Å²) in [4.78, 5) is 20.1. The molecule has 2 atom stereocenters. The molecule has 3 fully saturated rings. The van der Waals surface area contributed by atoms with E-state index in [2.05, 4.69) is 89.8 Å². The van der Waals surface area contributed by atoms with Crippen LogP contribution in [0.3, 0.4) is 0 Å². The van der Waals surface area contributed by atoms with E-state index in [0.717, 1.165) is 47.5 Å². The van der Waals surface area contributed by atoms with Crippen LogP contribution in [0.25, 0.3) is 11.2 Å². The van der Waals surface area contributed by atoms with Crippen LogP contribution < -0.4 is 19.9 Å². The molecule has 0 spiro atoms. The molecule has 2 aromatic carbocycles. The van der Waals surface area contributed by atoms with E-state index in [1.165, 1.54) is 48.9 Å². The number of nitrogens with one attached hydrogen (secondary N) is 1. The summed E-state index contributed by atoms with van der Waals surface area (Å²) in [5, 5.41) is 3.76. The van der Waals surface area contributed by atoms with Gasteiger partial charge in [-0.2, -0.15) is 9.97 Å². The molecule has 1 saturated carbocycles. The molecule has 8 nitrogen and oxygen atoms in total. The van der Waals surface area contributed by atoms with Crippen molar-refractivity contribution in [3.05, 3.63) is 59.9 Å². The molecule has 2 saturated heterocycles. The SMILES string of the molecule is COc1ccc(N2[C@@H]3CC[C@H]2CN(c2nc(Nc4cc(C(C)(C)C)ccc4C)c4c(ncn4C4CCC4)n2)C3)cc1. The molecule has 1 N–H and O–H groups in total. The second-order valence-electron chi connectivity index (χ2n) is 13.1. The Hall–Kier alpha value is -3.81. The monoisotopic (exact) mass is 551 g/mol. The van der Waals surface area contributed by atoms with E-state index in [1.807, 2.05) is 6.33 Å². The van der Waals surface area contributed by atoms with Gasteiger partial charge in [-0.15, -0.1) is 0 Å². The van der Waals surface area contributed by atoms with Crippen LogP contribution in [0, 0.1) is 6.92 Å². The number of hydrogen-bond donors (Lipinski definition) is 1. The minimum atomic E-state index is 0.0623. The van der Waals surface area contributed by atoms with Crippen LogP contribution in [0.5, 0.6) is 5.75 Å². The smallest absolute Gasteiger partial charge is 0.229 e. The van der Waals surface area contributed by atoms with E-state index in [1.54, 1.807) is 7.11 Å².